The number of nitrogens with zero attached hydrogens (tertiary/aromatic N) is 1. The van der Waals surface area contributed by atoms with E-state index in [2.05, 4.69) is 10.3 Å². The average molecular weight is 205 g/mol. The largest absolute Gasteiger partial charge is 0.398 e. The van der Waals surface area contributed by atoms with E-state index in [1.807, 2.05) is 6.92 Å². The van der Waals surface area contributed by atoms with E-state index in [0.29, 0.717) is 22.3 Å². The Balaban J connectivity index is 2.78. The van der Waals surface area contributed by atoms with Crippen molar-refractivity contribution in [3.8, 4) is 0 Å². The first kappa shape index (κ1) is 9.71. The predicted octanol–water partition coefficient (Wildman–Crippen LogP) is 2.39. The molecule has 2 rings (SSSR count). The molecule has 1 heterocycles. The summed E-state index contributed by atoms with van der Waals surface area (Å²) in [6, 6.07) is 4.55. The summed E-state index contributed by atoms with van der Waals surface area (Å²) >= 11 is 0. The molecule has 15 heavy (non-hydrogen) atoms. The van der Waals surface area contributed by atoms with Crippen LogP contribution in [0.3, 0.4) is 0 Å². The lowest BCUT2D eigenvalue weighted by molar-refractivity contribution is 0.640. The van der Waals surface area contributed by atoms with Crippen LogP contribution in [0.4, 0.5) is 15.9 Å². The first-order valence-corrected chi connectivity index (χ1v) is 4.80. The molecule has 3 nitrogen and oxygen atoms in total. The maximum absolute atomic E-state index is 13.5. The highest BCUT2D eigenvalue weighted by Gasteiger charge is 2.08. The number of hydrogen-bond acceptors (Lipinski definition) is 3. The Kier molecular flexibility index (Phi) is 2.41. The molecule has 0 saturated carbocycles. The van der Waals surface area contributed by atoms with Gasteiger partial charge in [-0.1, -0.05) is 0 Å². The second-order valence-corrected chi connectivity index (χ2v) is 3.25. The van der Waals surface area contributed by atoms with E-state index in [1.165, 1.54) is 6.07 Å². The highest BCUT2D eigenvalue weighted by atomic mass is 19.1. The van der Waals surface area contributed by atoms with Gasteiger partial charge in [-0.3, -0.25) is 0 Å². The van der Waals surface area contributed by atoms with Crippen molar-refractivity contribution < 1.29 is 4.39 Å². The van der Waals surface area contributed by atoms with Crippen LogP contribution in [0.15, 0.2) is 24.4 Å². The van der Waals surface area contributed by atoms with Crippen molar-refractivity contribution in [2.24, 2.45) is 0 Å². The van der Waals surface area contributed by atoms with Gasteiger partial charge in [-0.05, 0) is 25.1 Å². The number of fused-ring (bicyclic) bond motifs is 1. The third-order valence-electron chi connectivity index (χ3n) is 2.25. The average Bonchev–Trinajstić information content (AvgIpc) is 2.24. The van der Waals surface area contributed by atoms with Crippen LogP contribution in [0.5, 0.6) is 0 Å². The number of benzene rings is 1. The van der Waals surface area contributed by atoms with Crippen LogP contribution in [0, 0.1) is 5.82 Å². The Morgan fingerprint density at radius 3 is 2.93 bits per heavy atom. The first-order chi connectivity index (χ1) is 7.24. The fraction of sp³-hybridized carbons (Fsp3) is 0.182. The van der Waals surface area contributed by atoms with Crippen LogP contribution >= 0.6 is 0 Å². The van der Waals surface area contributed by atoms with Gasteiger partial charge >= 0.3 is 0 Å². The minimum Gasteiger partial charge on any atom is -0.398 e. The molecule has 4 heteroatoms. The van der Waals surface area contributed by atoms with E-state index < -0.39 is 0 Å². The van der Waals surface area contributed by atoms with Crippen molar-refractivity contribution in [3.05, 3.63) is 30.2 Å². The Bertz CT molecular complexity index is 496. The smallest absolute Gasteiger partial charge is 0.136 e. The normalized spacial score (nSPS) is 10.5. The van der Waals surface area contributed by atoms with Gasteiger partial charge in [-0.15, -0.1) is 0 Å². The maximum atomic E-state index is 13.5. The highest BCUT2D eigenvalue weighted by molar-refractivity contribution is 6.00. The minimum absolute atomic E-state index is 0.277. The van der Waals surface area contributed by atoms with Gasteiger partial charge in [-0.2, -0.15) is 0 Å². The van der Waals surface area contributed by atoms with Gasteiger partial charge in [0.05, 0.1) is 5.39 Å². The fourth-order valence-electron chi connectivity index (χ4n) is 1.59. The van der Waals surface area contributed by atoms with Crippen LogP contribution in [0.25, 0.3) is 10.8 Å². The fourth-order valence-corrected chi connectivity index (χ4v) is 1.59. The summed E-state index contributed by atoms with van der Waals surface area (Å²) in [6.07, 6.45) is 1.57. The van der Waals surface area contributed by atoms with E-state index in [-0.39, 0.29) is 5.82 Å². The van der Waals surface area contributed by atoms with Crippen LogP contribution in [-0.4, -0.2) is 11.5 Å². The van der Waals surface area contributed by atoms with E-state index in [4.69, 9.17) is 5.73 Å². The minimum atomic E-state index is -0.277. The zero-order chi connectivity index (χ0) is 10.8. The zero-order valence-electron chi connectivity index (χ0n) is 8.42. The van der Waals surface area contributed by atoms with Crippen LogP contribution < -0.4 is 11.1 Å². The van der Waals surface area contributed by atoms with Crippen molar-refractivity contribution in [1.82, 2.24) is 4.98 Å². The molecule has 2 aromatic rings. The van der Waals surface area contributed by atoms with E-state index in [9.17, 15) is 4.39 Å². The van der Waals surface area contributed by atoms with Crippen molar-refractivity contribution in [2.75, 3.05) is 17.6 Å². The molecule has 0 aliphatic rings. The van der Waals surface area contributed by atoms with E-state index in [0.717, 1.165) is 6.54 Å². The molecule has 0 atom stereocenters. The molecule has 0 aliphatic carbocycles. The quantitative estimate of drug-likeness (QED) is 0.740. The molecule has 0 amide bonds. The maximum Gasteiger partial charge on any atom is 0.136 e. The predicted molar refractivity (Wildman–Crippen MR) is 60.3 cm³/mol. The lowest BCUT2D eigenvalue weighted by Gasteiger charge is -2.09. The van der Waals surface area contributed by atoms with E-state index >= 15 is 0 Å². The lowest BCUT2D eigenvalue weighted by atomic mass is 10.1. The molecule has 0 unspecified atom stereocenters. The summed E-state index contributed by atoms with van der Waals surface area (Å²) in [6.45, 7) is 2.68. The number of nitrogens with two attached hydrogens (primary N) is 1. The molecule has 0 aliphatic heterocycles. The molecule has 0 fully saturated rings. The molecule has 0 saturated heterocycles. The summed E-state index contributed by atoms with van der Waals surface area (Å²) in [4.78, 5) is 4.14. The van der Waals surface area contributed by atoms with Gasteiger partial charge in [0, 0.05) is 23.8 Å². The number of hydrogen-bond donors (Lipinski definition) is 2. The summed E-state index contributed by atoms with van der Waals surface area (Å²) in [5, 5.41) is 4.21. The zero-order valence-corrected chi connectivity index (χ0v) is 8.42. The number of aromatic nitrogens is 1. The summed E-state index contributed by atoms with van der Waals surface area (Å²) in [5.41, 5.74) is 6.35. The molecule has 0 spiro atoms. The highest BCUT2D eigenvalue weighted by Crippen LogP contribution is 2.28. The summed E-state index contributed by atoms with van der Waals surface area (Å²) < 4.78 is 13.5. The van der Waals surface area contributed by atoms with Gasteiger partial charge in [0.1, 0.15) is 11.6 Å². The van der Waals surface area contributed by atoms with Crippen molar-refractivity contribution in [3.63, 3.8) is 0 Å². The molecule has 3 N–H and O–H groups in total. The number of rotatable bonds is 2. The number of anilines is 2. The van der Waals surface area contributed by atoms with Crippen LogP contribution in [0.2, 0.25) is 0 Å². The summed E-state index contributed by atoms with van der Waals surface area (Å²) in [5.74, 6) is 0.354. The van der Waals surface area contributed by atoms with Gasteiger partial charge in [-0.25, -0.2) is 9.37 Å². The monoisotopic (exact) mass is 205 g/mol. The molecule has 0 radical (unpaired) electrons. The van der Waals surface area contributed by atoms with Gasteiger partial charge in [0.2, 0.25) is 0 Å². The Hall–Kier alpha value is -1.84. The molecule has 1 aromatic carbocycles. The third-order valence-corrected chi connectivity index (χ3v) is 2.25. The molecular weight excluding hydrogens is 193 g/mol. The number of halogens is 1. The number of nitrogen functional groups attached to an aromatic ring is 1. The molecular formula is C11H12FN3. The van der Waals surface area contributed by atoms with Crippen molar-refractivity contribution >= 4 is 22.3 Å². The molecule has 0 bridgehead atoms. The van der Waals surface area contributed by atoms with Gasteiger partial charge in [0.15, 0.2) is 0 Å². The van der Waals surface area contributed by atoms with Gasteiger partial charge < -0.3 is 11.1 Å². The molecule has 78 valence electrons. The Morgan fingerprint density at radius 1 is 1.40 bits per heavy atom. The van der Waals surface area contributed by atoms with Crippen molar-refractivity contribution in [1.29, 1.82) is 0 Å². The topological polar surface area (TPSA) is 50.9 Å². The molecule has 1 aromatic heterocycles. The second-order valence-electron chi connectivity index (χ2n) is 3.25. The number of pyridine rings is 1. The second kappa shape index (κ2) is 3.73. The van der Waals surface area contributed by atoms with Gasteiger partial charge in [0.25, 0.3) is 0 Å². The van der Waals surface area contributed by atoms with Crippen LogP contribution in [0.1, 0.15) is 6.92 Å². The van der Waals surface area contributed by atoms with E-state index in [1.54, 1.807) is 18.3 Å². The Labute approximate surface area is 87.1 Å². The Morgan fingerprint density at radius 2 is 2.20 bits per heavy atom. The first-order valence-electron chi connectivity index (χ1n) is 4.80. The standard InChI is InChI=1S/C11H12FN3/c1-2-14-11-10-7(5-6-15-11)8(12)3-4-9(10)13/h3-6H,2,13H2,1H3,(H,14,15). The number of nitrogens with one attached hydrogen (secondary N) is 1. The SMILES string of the molecule is CCNc1nccc2c(F)ccc(N)c12. The van der Waals surface area contributed by atoms with Crippen LogP contribution in [-0.2, 0) is 0 Å². The van der Waals surface area contributed by atoms with Crippen molar-refractivity contribution in [2.45, 2.75) is 6.92 Å². The summed E-state index contributed by atoms with van der Waals surface area (Å²) in [7, 11) is 0. The third kappa shape index (κ3) is 1.58. The lowest BCUT2D eigenvalue weighted by Crippen LogP contribution is -2.02.